The number of hydrogen-bond acceptors (Lipinski definition) is 1. The van der Waals surface area contributed by atoms with Gasteiger partial charge in [0.15, 0.2) is 0 Å². The van der Waals surface area contributed by atoms with Crippen molar-refractivity contribution in [1.29, 1.82) is 0 Å². The van der Waals surface area contributed by atoms with E-state index in [1.54, 1.807) is 6.07 Å². The number of allylic oxidation sites excluding steroid dienone is 1. The molecule has 82 valence electrons. The van der Waals surface area contributed by atoms with Crippen LogP contribution in [0.5, 0.6) is 5.75 Å². The van der Waals surface area contributed by atoms with Crippen LogP contribution in [0.4, 0.5) is 0 Å². The van der Waals surface area contributed by atoms with Crippen molar-refractivity contribution >= 4 is 0 Å². The van der Waals surface area contributed by atoms with Crippen molar-refractivity contribution in [2.75, 3.05) is 0 Å². The largest absolute Gasteiger partial charge is 0.508 e. The first kappa shape index (κ1) is 11.8. The third-order valence-corrected chi connectivity index (χ3v) is 2.57. The van der Waals surface area contributed by atoms with Crippen LogP contribution in [0, 0.1) is 0 Å². The van der Waals surface area contributed by atoms with E-state index in [4.69, 9.17) is 0 Å². The Balaban J connectivity index is 2.67. The second-order valence-corrected chi connectivity index (χ2v) is 3.91. The predicted molar refractivity (Wildman–Crippen MR) is 65.2 cm³/mol. The number of phenols is 1. The molecule has 0 fully saturated rings. The molecule has 0 aromatic heterocycles. The maximum Gasteiger partial charge on any atom is 0.118 e. The molecule has 0 spiro atoms. The van der Waals surface area contributed by atoms with E-state index in [1.807, 2.05) is 12.1 Å². The molecule has 15 heavy (non-hydrogen) atoms. The lowest BCUT2D eigenvalue weighted by Crippen LogP contribution is -1.89. The summed E-state index contributed by atoms with van der Waals surface area (Å²) < 4.78 is 0. The van der Waals surface area contributed by atoms with Gasteiger partial charge in [-0.2, -0.15) is 0 Å². The van der Waals surface area contributed by atoms with Gasteiger partial charge in [0.2, 0.25) is 0 Å². The summed E-state index contributed by atoms with van der Waals surface area (Å²) >= 11 is 0. The summed E-state index contributed by atoms with van der Waals surface area (Å²) in [4.78, 5) is 0. The summed E-state index contributed by atoms with van der Waals surface area (Å²) in [6, 6.07) is 5.84. The first-order valence-electron chi connectivity index (χ1n) is 5.69. The summed E-state index contributed by atoms with van der Waals surface area (Å²) in [6.07, 6.45) is 7.34. The molecule has 1 rings (SSSR count). The summed E-state index contributed by atoms with van der Waals surface area (Å²) in [5, 5.41) is 9.68. The molecule has 0 radical (unpaired) electrons. The first-order valence-corrected chi connectivity index (χ1v) is 5.69. The maximum absolute atomic E-state index is 9.68. The summed E-state index contributed by atoms with van der Waals surface area (Å²) in [5.74, 6) is 0.430. The molecule has 1 aromatic rings. The molecule has 1 aromatic carbocycles. The lowest BCUT2D eigenvalue weighted by molar-refractivity contribution is 0.466. The zero-order valence-electron chi connectivity index (χ0n) is 9.50. The Labute approximate surface area is 92.5 Å². The highest BCUT2D eigenvalue weighted by Gasteiger charge is 2.01. The van der Waals surface area contributed by atoms with Gasteiger partial charge in [0.1, 0.15) is 5.75 Å². The molecule has 1 N–H and O–H groups in total. The predicted octanol–water partition coefficient (Wildman–Crippen LogP) is 3.85. The van der Waals surface area contributed by atoms with Crippen molar-refractivity contribution in [2.24, 2.45) is 0 Å². The van der Waals surface area contributed by atoms with Crippen molar-refractivity contribution in [1.82, 2.24) is 0 Å². The first-order chi connectivity index (χ1) is 7.27. The highest BCUT2D eigenvalue weighted by Crippen LogP contribution is 2.21. The molecule has 1 nitrogen and oxygen atoms in total. The number of unbranched alkanes of at least 4 members (excludes halogenated alkanes) is 2. The van der Waals surface area contributed by atoms with Crippen molar-refractivity contribution in [3.8, 4) is 5.75 Å². The highest BCUT2D eigenvalue weighted by molar-refractivity contribution is 5.36. The third kappa shape index (κ3) is 3.78. The molecule has 0 amide bonds. The van der Waals surface area contributed by atoms with Crippen LogP contribution in [0.3, 0.4) is 0 Å². The second kappa shape index (κ2) is 6.28. The Morgan fingerprint density at radius 2 is 2.13 bits per heavy atom. The van der Waals surface area contributed by atoms with Gasteiger partial charge in [-0.1, -0.05) is 38.0 Å². The average molecular weight is 204 g/mol. The van der Waals surface area contributed by atoms with Crippen LogP contribution in [0.25, 0.3) is 0 Å². The lowest BCUT2D eigenvalue weighted by Gasteiger charge is -2.06. The monoisotopic (exact) mass is 204 g/mol. The van der Waals surface area contributed by atoms with Crippen molar-refractivity contribution in [2.45, 2.75) is 39.0 Å². The fraction of sp³-hybridized carbons (Fsp3) is 0.429. The van der Waals surface area contributed by atoms with E-state index >= 15 is 0 Å². The topological polar surface area (TPSA) is 20.2 Å². The summed E-state index contributed by atoms with van der Waals surface area (Å²) in [7, 11) is 0. The maximum atomic E-state index is 9.68. The van der Waals surface area contributed by atoms with E-state index in [-0.39, 0.29) is 0 Å². The van der Waals surface area contributed by atoms with Gasteiger partial charge < -0.3 is 5.11 Å². The number of hydrogen-bond donors (Lipinski definition) is 1. The van der Waals surface area contributed by atoms with Gasteiger partial charge in [-0.05, 0) is 36.5 Å². The van der Waals surface area contributed by atoms with Gasteiger partial charge in [0.05, 0.1) is 0 Å². The minimum Gasteiger partial charge on any atom is -0.508 e. The van der Waals surface area contributed by atoms with Crippen LogP contribution in [-0.4, -0.2) is 5.11 Å². The highest BCUT2D eigenvalue weighted by atomic mass is 16.3. The normalized spacial score (nSPS) is 10.2. The zero-order valence-corrected chi connectivity index (χ0v) is 9.50. The van der Waals surface area contributed by atoms with E-state index in [0.29, 0.717) is 5.75 Å². The Kier molecular flexibility index (Phi) is 4.96. The Morgan fingerprint density at radius 1 is 1.33 bits per heavy atom. The van der Waals surface area contributed by atoms with Crippen molar-refractivity contribution in [3.63, 3.8) is 0 Å². The number of aryl methyl sites for hydroxylation is 1. The average Bonchev–Trinajstić information content (AvgIpc) is 2.23. The number of aromatic hydroxyl groups is 1. The Morgan fingerprint density at radius 3 is 2.80 bits per heavy atom. The lowest BCUT2D eigenvalue weighted by atomic mass is 10.0. The molecular weight excluding hydrogens is 184 g/mol. The molecular formula is C14H20O. The molecule has 0 unspecified atom stereocenters. The van der Waals surface area contributed by atoms with E-state index < -0.39 is 0 Å². The quantitative estimate of drug-likeness (QED) is 0.551. The standard InChI is InChI=1S/C14H20O/c1-3-5-6-8-13-11-12(7-4-2)9-10-14(13)15/h4,9-11,15H,2-3,5-8H2,1H3. The van der Waals surface area contributed by atoms with Crippen LogP contribution in [-0.2, 0) is 12.8 Å². The molecule has 0 atom stereocenters. The summed E-state index contributed by atoms with van der Waals surface area (Å²) in [6.45, 7) is 5.91. The van der Waals surface area contributed by atoms with Gasteiger partial charge in [-0.3, -0.25) is 0 Å². The minimum absolute atomic E-state index is 0.430. The van der Waals surface area contributed by atoms with Gasteiger partial charge >= 0.3 is 0 Å². The molecule has 0 aliphatic carbocycles. The van der Waals surface area contributed by atoms with Crippen molar-refractivity contribution in [3.05, 3.63) is 42.0 Å². The van der Waals surface area contributed by atoms with E-state index in [0.717, 1.165) is 24.8 Å². The number of benzene rings is 1. The van der Waals surface area contributed by atoms with Crippen LogP contribution >= 0.6 is 0 Å². The van der Waals surface area contributed by atoms with Gasteiger partial charge in [0, 0.05) is 0 Å². The molecule has 1 heteroatoms. The second-order valence-electron chi connectivity index (χ2n) is 3.91. The molecule has 0 aliphatic rings. The fourth-order valence-electron chi connectivity index (χ4n) is 1.70. The molecule has 0 bridgehead atoms. The third-order valence-electron chi connectivity index (χ3n) is 2.57. The van der Waals surface area contributed by atoms with Crippen LogP contribution in [0.2, 0.25) is 0 Å². The van der Waals surface area contributed by atoms with Gasteiger partial charge in [-0.15, -0.1) is 6.58 Å². The van der Waals surface area contributed by atoms with Gasteiger partial charge in [-0.25, -0.2) is 0 Å². The van der Waals surface area contributed by atoms with E-state index in [2.05, 4.69) is 19.6 Å². The molecule has 0 aliphatic heterocycles. The fourth-order valence-corrected chi connectivity index (χ4v) is 1.70. The van der Waals surface area contributed by atoms with Gasteiger partial charge in [0.25, 0.3) is 0 Å². The van der Waals surface area contributed by atoms with Crippen LogP contribution in [0.15, 0.2) is 30.9 Å². The molecule has 0 saturated heterocycles. The molecule has 0 saturated carbocycles. The Hall–Kier alpha value is -1.24. The van der Waals surface area contributed by atoms with E-state index in [9.17, 15) is 5.11 Å². The van der Waals surface area contributed by atoms with Crippen LogP contribution in [0.1, 0.15) is 37.3 Å². The van der Waals surface area contributed by atoms with Crippen LogP contribution < -0.4 is 0 Å². The SMILES string of the molecule is C=CCc1ccc(O)c(CCCCC)c1. The number of rotatable bonds is 6. The van der Waals surface area contributed by atoms with Crippen molar-refractivity contribution < 1.29 is 5.11 Å². The molecule has 0 heterocycles. The number of phenolic OH excluding ortho intramolecular Hbond substituents is 1. The zero-order chi connectivity index (χ0) is 11.1. The minimum atomic E-state index is 0.430. The smallest absolute Gasteiger partial charge is 0.118 e. The van der Waals surface area contributed by atoms with E-state index in [1.165, 1.54) is 18.4 Å². The Bertz CT molecular complexity index is 315. The summed E-state index contributed by atoms with van der Waals surface area (Å²) in [5.41, 5.74) is 2.30.